The number of imidazole rings is 1. The number of nitrogens with zero attached hydrogens (tertiary/aromatic N) is 4. The predicted molar refractivity (Wildman–Crippen MR) is 122 cm³/mol. The van der Waals surface area contributed by atoms with Crippen LogP contribution < -0.4 is 5.73 Å². The highest BCUT2D eigenvalue weighted by Gasteiger charge is 2.63. The largest absolute Gasteiger partial charge is 0.490 e. The van der Waals surface area contributed by atoms with E-state index in [-0.39, 0.29) is 17.0 Å². The van der Waals surface area contributed by atoms with E-state index in [9.17, 15) is 28.6 Å². The molecule has 0 aromatic carbocycles. The minimum absolute atomic E-state index is 0.0746. The van der Waals surface area contributed by atoms with Crippen LogP contribution in [0.5, 0.6) is 0 Å². The first-order valence-corrected chi connectivity index (χ1v) is 14.7. The number of hydrogen-bond acceptors (Lipinski definition) is 12. The Labute approximate surface area is 208 Å². The summed E-state index contributed by atoms with van der Waals surface area (Å²) in [6, 6.07) is 0. The summed E-state index contributed by atoms with van der Waals surface area (Å²) in [5, 5.41) is 11.3. The fraction of sp³-hybridized carbons (Fsp3) is 0.533. The van der Waals surface area contributed by atoms with Crippen molar-refractivity contribution in [3.05, 3.63) is 24.8 Å². The fourth-order valence-corrected chi connectivity index (χ4v) is 7.03. The van der Waals surface area contributed by atoms with Crippen molar-refractivity contribution in [1.29, 1.82) is 0 Å². The Balaban J connectivity index is 1.95. The van der Waals surface area contributed by atoms with Crippen LogP contribution in [0.2, 0.25) is 0 Å². The molecule has 6 atom stereocenters. The molecule has 202 valence electrons. The number of aliphatic hydroxyl groups excluding tert-OH is 1. The van der Waals surface area contributed by atoms with Gasteiger partial charge in [-0.2, -0.15) is 8.62 Å². The van der Waals surface area contributed by atoms with Crippen LogP contribution in [0.15, 0.2) is 24.8 Å². The highest BCUT2D eigenvalue weighted by molar-refractivity contribution is 7.66. The van der Waals surface area contributed by atoms with Gasteiger partial charge in [0.1, 0.15) is 23.7 Å². The highest BCUT2D eigenvalue weighted by Crippen LogP contribution is 2.67. The maximum absolute atomic E-state index is 12.3. The summed E-state index contributed by atoms with van der Waals surface area (Å²) in [5.74, 6) is -0.460. The molecule has 1 fully saturated rings. The summed E-state index contributed by atoms with van der Waals surface area (Å²) < 4.78 is 54.3. The number of phosphoric acid groups is 3. The van der Waals surface area contributed by atoms with E-state index in [0.29, 0.717) is 5.57 Å². The topological polar surface area (TPSA) is 259 Å². The third-order valence-electron chi connectivity index (χ3n) is 5.60. The number of anilines is 1. The van der Waals surface area contributed by atoms with Crippen molar-refractivity contribution in [2.75, 3.05) is 18.2 Å². The molecule has 0 bridgehead atoms. The third-order valence-corrected chi connectivity index (χ3v) is 9.83. The molecule has 3 rings (SSSR count). The Kier molecular flexibility index (Phi) is 7.96. The van der Waals surface area contributed by atoms with E-state index in [0.717, 1.165) is 0 Å². The number of alkyl halides is 1. The average molecular weight is 594 g/mol. The summed E-state index contributed by atoms with van der Waals surface area (Å²) in [6.07, 6.45) is -0.175. The summed E-state index contributed by atoms with van der Waals surface area (Å²) in [5.41, 5.74) is 3.42. The maximum Gasteiger partial charge on any atom is 0.490 e. The molecule has 2 unspecified atom stereocenters. The van der Waals surface area contributed by atoms with Gasteiger partial charge in [0.15, 0.2) is 11.5 Å². The molecule has 0 aliphatic carbocycles. The zero-order valence-corrected chi connectivity index (χ0v) is 22.0. The second kappa shape index (κ2) is 9.79. The van der Waals surface area contributed by atoms with Crippen LogP contribution in [-0.2, 0) is 31.6 Å². The second-order valence-electron chi connectivity index (χ2n) is 8.08. The zero-order chi connectivity index (χ0) is 27.3. The molecular formula is C15H23ClN5O12P3. The summed E-state index contributed by atoms with van der Waals surface area (Å²) >= 11 is 6.10. The molecule has 1 aliphatic rings. The molecule has 0 amide bonds. The molecule has 2 aromatic heterocycles. The Hall–Kier alpha value is -1.29. The third kappa shape index (κ3) is 5.59. The molecule has 7 N–H and O–H groups in total. The van der Waals surface area contributed by atoms with E-state index in [4.69, 9.17) is 36.4 Å². The molecule has 0 spiro atoms. The number of nitrogens with two attached hydrogens (primary N) is 1. The first-order chi connectivity index (χ1) is 16.4. The van der Waals surface area contributed by atoms with Crippen molar-refractivity contribution < 1.29 is 56.3 Å². The van der Waals surface area contributed by atoms with Gasteiger partial charge in [0.2, 0.25) is 0 Å². The van der Waals surface area contributed by atoms with Gasteiger partial charge in [0.25, 0.3) is 0 Å². The van der Waals surface area contributed by atoms with Gasteiger partial charge in [0, 0.05) is 0 Å². The van der Waals surface area contributed by atoms with Crippen LogP contribution in [0.1, 0.15) is 20.1 Å². The molecule has 21 heteroatoms. The van der Waals surface area contributed by atoms with Crippen molar-refractivity contribution in [3.8, 4) is 0 Å². The minimum atomic E-state index is -5.76. The highest BCUT2D eigenvalue weighted by atomic mass is 35.5. The lowest BCUT2D eigenvalue weighted by molar-refractivity contribution is -0.111. The number of nitrogen functional groups attached to an aromatic ring is 1. The molecule has 0 saturated carbocycles. The van der Waals surface area contributed by atoms with Crippen molar-refractivity contribution in [2.24, 2.45) is 5.41 Å². The number of rotatable bonds is 10. The van der Waals surface area contributed by atoms with Crippen molar-refractivity contribution >= 4 is 52.1 Å². The van der Waals surface area contributed by atoms with Gasteiger partial charge < -0.3 is 35.2 Å². The molecule has 1 saturated heterocycles. The molecule has 0 radical (unpaired) electrons. The lowest BCUT2D eigenvalue weighted by Crippen LogP contribution is -2.50. The number of aromatic nitrogens is 4. The van der Waals surface area contributed by atoms with Gasteiger partial charge in [-0.25, -0.2) is 28.6 Å². The quantitative estimate of drug-likeness (QED) is 0.128. The van der Waals surface area contributed by atoms with Gasteiger partial charge in [-0.15, -0.1) is 11.6 Å². The monoisotopic (exact) mass is 593 g/mol. The van der Waals surface area contributed by atoms with E-state index in [1.54, 1.807) is 13.8 Å². The van der Waals surface area contributed by atoms with E-state index in [1.165, 1.54) is 17.2 Å². The minimum Gasteiger partial charge on any atom is -0.389 e. The predicted octanol–water partition coefficient (Wildman–Crippen LogP) is 1.20. The first-order valence-electron chi connectivity index (χ1n) is 9.67. The first kappa shape index (κ1) is 29.3. The van der Waals surface area contributed by atoms with Gasteiger partial charge >= 0.3 is 23.5 Å². The number of halogens is 1. The number of aliphatic hydroxyl groups is 1. The lowest BCUT2D eigenvalue weighted by Gasteiger charge is -2.35. The van der Waals surface area contributed by atoms with Crippen LogP contribution in [0, 0.1) is 5.41 Å². The maximum atomic E-state index is 12.3. The standard InChI is InChI=1S/C15H23ClN5O12P3/c1-8(2)14(3)12(22)15(4-16,5-30-35(26,27)33-36(28,29)32-34(23,24)25)31-13(14)21-7-20-9-10(17)18-6-19-11(9)21/h6-7,12-13,22H,1,4-5H2,2-3H3,(H,26,27)(H,28,29)(H2,17,18,19)(H2,23,24,25)/t12-,13+,14-,15+/m0/s1. The van der Waals surface area contributed by atoms with Crippen LogP contribution in [0.4, 0.5) is 5.82 Å². The van der Waals surface area contributed by atoms with Crippen molar-refractivity contribution in [1.82, 2.24) is 19.5 Å². The Morgan fingerprint density at radius 3 is 2.42 bits per heavy atom. The van der Waals surface area contributed by atoms with E-state index < -0.39 is 59.3 Å². The smallest absolute Gasteiger partial charge is 0.389 e. The molecule has 1 aliphatic heterocycles. The van der Waals surface area contributed by atoms with Crippen LogP contribution in [0.3, 0.4) is 0 Å². The molecular weight excluding hydrogens is 571 g/mol. The van der Waals surface area contributed by atoms with Gasteiger partial charge in [0.05, 0.1) is 30.3 Å². The second-order valence-corrected chi connectivity index (χ2v) is 12.8. The van der Waals surface area contributed by atoms with E-state index in [2.05, 4.69) is 30.2 Å². The summed E-state index contributed by atoms with van der Waals surface area (Å²) in [7, 11) is -16.9. The molecule has 2 aromatic rings. The Bertz CT molecular complexity index is 1320. The van der Waals surface area contributed by atoms with Crippen LogP contribution in [0.25, 0.3) is 11.2 Å². The fourth-order valence-electron chi connectivity index (χ4n) is 3.67. The van der Waals surface area contributed by atoms with Gasteiger partial charge in [-0.3, -0.25) is 9.09 Å². The zero-order valence-electron chi connectivity index (χ0n) is 18.6. The normalized spacial score (nSPS) is 30.2. The van der Waals surface area contributed by atoms with Crippen molar-refractivity contribution in [3.63, 3.8) is 0 Å². The number of phosphoric ester groups is 1. The van der Waals surface area contributed by atoms with Gasteiger partial charge in [-0.05, 0) is 13.8 Å². The SMILES string of the molecule is C=C(C)[C@@]1(C)[C@H](O)[C@@](CCl)(COP(=O)(O)OP(=O)(O)OP(=O)(O)O)O[C@H]1n1cnc2c(N)ncnc21. The molecule has 3 heterocycles. The van der Waals surface area contributed by atoms with Crippen LogP contribution >= 0.6 is 35.1 Å². The number of fused-ring (bicyclic) bond motifs is 1. The summed E-state index contributed by atoms with van der Waals surface area (Å²) in [6.45, 7) is 6.07. The van der Waals surface area contributed by atoms with E-state index >= 15 is 0 Å². The molecule has 17 nitrogen and oxygen atoms in total. The average Bonchev–Trinajstić information content (AvgIpc) is 3.24. The molecule has 36 heavy (non-hydrogen) atoms. The van der Waals surface area contributed by atoms with Gasteiger partial charge in [-0.1, -0.05) is 12.2 Å². The Morgan fingerprint density at radius 1 is 1.22 bits per heavy atom. The van der Waals surface area contributed by atoms with E-state index in [1.807, 2.05) is 0 Å². The number of ether oxygens (including phenoxy) is 1. The lowest BCUT2D eigenvalue weighted by atomic mass is 9.73. The summed E-state index contributed by atoms with van der Waals surface area (Å²) in [4.78, 5) is 48.7. The van der Waals surface area contributed by atoms with Crippen molar-refractivity contribution in [2.45, 2.75) is 31.8 Å². The van der Waals surface area contributed by atoms with Crippen LogP contribution in [-0.4, -0.2) is 68.4 Å². The Morgan fingerprint density at radius 2 is 1.86 bits per heavy atom. The number of hydrogen-bond donors (Lipinski definition) is 6.